The van der Waals surface area contributed by atoms with Crippen molar-refractivity contribution in [2.45, 2.75) is 26.7 Å². The highest BCUT2D eigenvalue weighted by molar-refractivity contribution is 6.18. The number of pyridine rings is 1. The molecule has 0 aromatic carbocycles. The zero-order valence-corrected chi connectivity index (χ0v) is 11.1. The summed E-state index contributed by atoms with van der Waals surface area (Å²) in [5, 5.41) is 2.90. The average Bonchev–Trinajstić information content (AvgIpc) is 2.34. The molecule has 0 saturated carbocycles. The minimum absolute atomic E-state index is 0.0471. The van der Waals surface area contributed by atoms with E-state index in [0.717, 1.165) is 18.5 Å². The van der Waals surface area contributed by atoms with Crippen molar-refractivity contribution >= 4 is 17.5 Å². The number of aryl methyl sites for hydroxylation is 1. The second-order valence-corrected chi connectivity index (χ2v) is 4.60. The summed E-state index contributed by atoms with van der Waals surface area (Å²) in [6.45, 7) is 4.64. The highest BCUT2D eigenvalue weighted by Gasteiger charge is 2.08. The Morgan fingerprint density at radius 2 is 2.35 bits per heavy atom. The molecule has 1 atom stereocenters. The molecule has 0 saturated heterocycles. The minimum atomic E-state index is -0.0471. The summed E-state index contributed by atoms with van der Waals surface area (Å²) in [4.78, 5) is 15.9. The topological polar surface area (TPSA) is 42.0 Å². The molecule has 0 aliphatic heterocycles. The van der Waals surface area contributed by atoms with Gasteiger partial charge in [0.1, 0.15) is 0 Å². The van der Waals surface area contributed by atoms with Crippen LogP contribution >= 0.6 is 11.6 Å². The molecule has 94 valence electrons. The number of nitrogens with one attached hydrogen (secondary N) is 1. The molecular weight excluding hydrogens is 236 g/mol. The van der Waals surface area contributed by atoms with Crippen molar-refractivity contribution in [3.8, 4) is 0 Å². The van der Waals surface area contributed by atoms with Gasteiger partial charge in [-0.05, 0) is 37.8 Å². The summed E-state index contributed by atoms with van der Waals surface area (Å²) in [5.74, 6) is 1.14. The monoisotopic (exact) mass is 254 g/mol. The summed E-state index contributed by atoms with van der Waals surface area (Å²) in [6, 6.07) is 3.57. The molecule has 1 N–H and O–H groups in total. The first-order valence-corrected chi connectivity index (χ1v) is 6.44. The Hall–Kier alpha value is -1.09. The van der Waals surface area contributed by atoms with Gasteiger partial charge in [0, 0.05) is 24.3 Å². The molecule has 1 amide bonds. The highest BCUT2D eigenvalue weighted by atomic mass is 35.5. The first-order valence-electron chi connectivity index (χ1n) is 5.91. The maximum Gasteiger partial charge on any atom is 0.253 e. The molecule has 0 spiro atoms. The normalized spacial score (nSPS) is 12.2. The van der Waals surface area contributed by atoms with E-state index in [-0.39, 0.29) is 5.91 Å². The lowest BCUT2D eigenvalue weighted by Crippen LogP contribution is -2.25. The third-order valence-electron chi connectivity index (χ3n) is 2.67. The first kappa shape index (κ1) is 14.0. The molecular formula is C13H19ClN2O. The molecule has 1 unspecified atom stereocenters. The van der Waals surface area contributed by atoms with E-state index >= 15 is 0 Å². The van der Waals surface area contributed by atoms with E-state index in [4.69, 9.17) is 11.6 Å². The van der Waals surface area contributed by atoms with Crippen molar-refractivity contribution < 1.29 is 4.79 Å². The number of carbonyl (C=O) groups excluding carboxylic acids is 1. The van der Waals surface area contributed by atoms with Crippen LogP contribution in [0.25, 0.3) is 0 Å². The Balaban J connectivity index is 2.33. The number of nitrogens with zero attached hydrogens (tertiary/aromatic N) is 1. The predicted molar refractivity (Wildman–Crippen MR) is 70.4 cm³/mol. The van der Waals surface area contributed by atoms with Crippen LogP contribution in [-0.4, -0.2) is 23.3 Å². The molecule has 0 aliphatic carbocycles. The fourth-order valence-electron chi connectivity index (χ4n) is 1.55. The van der Waals surface area contributed by atoms with Gasteiger partial charge in [-0.25, -0.2) is 0 Å². The van der Waals surface area contributed by atoms with E-state index < -0.39 is 0 Å². The number of carbonyl (C=O) groups is 1. The summed E-state index contributed by atoms with van der Waals surface area (Å²) in [5.41, 5.74) is 1.41. The fraction of sp³-hybridized carbons (Fsp3) is 0.538. The van der Waals surface area contributed by atoms with Gasteiger partial charge < -0.3 is 5.32 Å². The number of amides is 1. The number of halogens is 1. The molecule has 0 fully saturated rings. The van der Waals surface area contributed by atoms with E-state index in [1.54, 1.807) is 18.3 Å². The Labute approximate surface area is 108 Å². The van der Waals surface area contributed by atoms with Gasteiger partial charge in [0.2, 0.25) is 0 Å². The second-order valence-electron chi connectivity index (χ2n) is 4.29. The Bertz CT molecular complexity index is 368. The highest BCUT2D eigenvalue weighted by Crippen LogP contribution is 2.07. The largest absolute Gasteiger partial charge is 0.352 e. The van der Waals surface area contributed by atoms with Gasteiger partial charge in [0.25, 0.3) is 5.91 Å². The van der Waals surface area contributed by atoms with Crippen molar-refractivity contribution in [3.05, 3.63) is 29.6 Å². The molecule has 1 rings (SSSR count). The van der Waals surface area contributed by atoms with Crippen molar-refractivity contribution in [1.29, 1.82) is 0 Å². The van der Waals surface area contributed by atoms with Crippen molar-refractivity contribution in [1.82, 2.24) is 10.3 Å². The van der Waals surface area contributed by atoms with Crippen LogP contribution in [0, 0.1) is 12.8 Å². The molecule has 1 aromatic rings. The molecule has 0 aliphatic rings. The Morgan fingerprint density at radius 3 is 3.00 bits per heavy atom. The first-order chi connectivity index (χ1) is 8.15. The van der Waals surface area contributed by atoms with Crippen LogP contribution in [0.4, 0.5) is 0 Å². The third-order valence-corrected chi connectivity index (χ3v) is 3.20. The van der Waals surface area contributed by atoms with Crippen LogP contribution in [0.1, 0.15) is 35.8 Å². The molecule has 3 nitrogen and oxygen atoms in total. The van der Waals surface area contributed by atoms with Gasteiger partial charge >= 0.3 is 0 Å². The smallest absolute Gasteiger partial charge is 0.253 e. The van der Waals surface area contributed by atoms with Gasteiger partial charge in [-0.3, -0.25) is 9.78 Å². The van der Waals surface area contributed by atoms with Gasteiger partial charge in [0.05, 0.1) is 5.56 Å². The molecule has 1 aromatic heterocycles. The number of alkyl halides is 1. The van der Waals surface area contributed by atoms with Gasteiger partial charge in [0.15, 0.2) is 0 Å². The number of aromatic nitrogens is 1. The van der Waals surface area contributed by atoms with Gasteiger partial charge in [-0.2, -0.15) is 0 Å². The van der Waals surface area contributed by atoms with E-state index in [9.17, 15) is 4.79 Å². The molecule has 17 heavy (non-hydrogen) atoms. The quantitative estimate of drug-likeness (QED) is 0.627. The third kappa shape index (κ3) is 4.73. The molecule has 1 heterocycles. The van der Waals surface area contributed by atoms with Crippen LogP contribution in [0.3, 0.4) is 0 Å². The van der Waals surface area contributed by atoms with Crippen LogP contribution in [0.15, 0.2) is 18.3 Å². The molecule has 4 heteroatoms. The maximum absolute atomic E-state index is 11.8. The number of rotatable bonds is 6. The fourth-order valence-corrected chi connectivity index (χ4v) is 1.70. The van der Waals surface area contributed by atoms with Gasteiger partial charge in [-0.1, -0.05) is 6.92 Å². The Kier molecular flexibility index (Phi) is 5.98. The standard InChI is InChI=1S/C13H19ClN2O/c1-10(9-14)5-3-8-16-13(17)12-6-4-7-15-11(12)2/h4,6-7,10H,3,5,8-9H2,1-2H3,(H,16,17). The molecule has 0 bridgehead atoms. The summed E-state index contributed by atoms with van der Waals surface area (Å²) in [7, 11) is 0. The van der Waals surface area contributed by atoms with E-state index in [2.05, 4.69) is 17.2 Å². The van der Waals surface area contributed by atoms with Gasteiger partial charge in [-0.15, -0.1) is 11.6 Å². The minimum Gasteiger partial charge on any atom is -0.352 e. The van der Waals surface area contributed by atoms with Crippen molar-refractivity contribution in [3.63, 3.8) is 0 Å². The van der Waals surface area contributed by atoms with Crippen LogP contribution < -0.4 is 5.32 Å². The van der Waals surface area contributed by atoms with Crippen LogP contribution in [-0.2, 0) is 0 Å². The van der Waals surface area contributed by atoms with Crippen molar-refractivity contribution in [2.24, 2.45) is 5.92 Å². The predicted octanol–water partition coefficient (Wildman–Crippen LogP) is 2.77. The number of hydrogen-bond acceptors (Lipinski definition) is 2. The maximum atomic E-state index is 11.8. The Morgan fingerprint density at radius 1 is 1.59 bits per heavy atom. The van der Waals surface area contributed by atoms with E-state index in [1.165, 1.54) is 0 Å². The second kappa shape index (κ2) is 7.28. The summed E-state index contributed by atoms with van der Waals surface area (Å²) < 4.78 is 0. The SMILES string of the molecule is Cc1ncccc1C(=O)NCCCC(C)CCl. The average molecular weight is 255 g/mol. The summed E-state index contributed by atoms with van der Waals surface area (Å²) >= 11 is 5.71. The zero-order valence-electron chi connectivity index (χ0n) is 10.4. The van der Waals surface area contributed by atoms with Crippen LogP contribution in [0.2, 0.25) is 0 Å². The zero-order chi connectivity index (χ0) is 12.7. The van der Waals surface area contributed by atoms with Crippen molar-refractivity contribution in [2.75, 3.05) is 12.4 Å². The lowest BCUT2D eigenvalue weighted by Gasteiger charge is -2.09. The lowest BCUT2D eigenvalue weighted by atomic mass is 10.1. The van der Waals surface area contributed by atoms with E-state index in [1.807, 2.05) is 6.92 Å². The number of hydrogen-bond donors (Lipinski definition) is 1. The van der Waals surface area contributed by atoms with E-state index in [0.29, 0.717) is 23.9 Å². The summed E-state index contributed by atoms with van der Waals surface area (Å²) in [6.07, 6.45) is 3.68. The van der Waals surface area contributed by atoms with Crippen LogP contribution in [0.5, 0.6) is 0 Å². The molecule has 0 radical (unpaired) electrons. The lowest BCUT2D eigenvalue weighted by molar-refractivity contribution is 0.0951.